The van der Waals surface area contributed by atoms with Crippen molar-refractivity contribution >= 4 is 12.0 Å². The number of aliphatic hydroxyl groups is 1. The van der Waals surface area contributed by atoms with Gasteiger partial charge in [-0.25, -0.2) is 0 Å². The predicted octanol–water partition coefficient (Wildman–Crippen LogP) is 7.57. The second-order valence-corrected chi connectivity index (χ2v) is 14.5. The number of allylic oxidation sites excluding steroid dienone is 5. The summed E-state index contributed by atoms with van der Waals surface area (Å²) in [7, 11) is 0. The number of nitrogens with two attached hydrogens (primary N) is 2. The molecule has 0 amide bonds. The van der Waals surface area contributed by atoms with Crippen LogP contribution in [0.5, 0.6) is 17.2 Å². The van der Waals surface area contributed by atoms with Gasteiger partial charge in [0.15, 0.2) is 17.3 Å². The van der Waals surface area contributed by atoms with Crippen LogP contribution >= 0.6 is 0 Å². The summed E-state index contributed by atoms with van der Waals surface area (Å²) < 4.78 is 6.01. The first-order valence-electron chi connectivity index (χ1n) is 19.4. The molecule has 1 aliphatic rings. The number of phenolic OH excluding ortho intramolecular Hbond substituents is 2. The van der Waals surface area contributed by atoms with Gasteiger partial charge in [0.05, 0.1) is 18.9 Å². The summed E-state index contributed by atoms with van der Waals surface area (Å²) in [6.07, 6.45) is 17.5. The second-order valence-electron chi connectivity index (χ2n) is 14.5. The number of carbonyl (C=O) groups is 1. The molecule has 3 aromatic carbocycles. The number of ketones is 1. The largest absolute Gasteiger partial charge is 0.875 e. The molecule has 1 aliphatic heterocycles. The minimum atomic E-state index is -0.627. The number of aliphatic imine (C=N–C) groups is 1. The average molecular weight is 737 g/mol. The van der Waals surface area contributed by atoms with Gasteiger partial charge in [-0.15, -0.1) is 5.76 Å². The van der Waals surface area contributed by atoms with Crippen LogP contribution in [0.15, 0.2) is 101 Å². The zero-order valence-corrected chi connectivity index (χ0v) is 31.8. The van der Waals surface area contributed by atoms with Gasteiger partial charge in [0.2, 0.25) is 0 Å². The fraction of sp³-hybridized carbons (Fsp3) is 0.422. The van der Waals surface area contributed by atoms with Gasteiger partial charge in [0, 0.05) is 36.7 Å². The standard InChI is InChI=1S/C45H59N3O6/c1-3-4-6-9-32(26-31(2)49)10-7-5-8-11-38(50)19-12-33-14-21-42(52)44(28-33)54-25-23-34-13-20-41(51)40(27-34)39(29-43(53)37-22-24-48-30-37)35-15-17-36(18-16-35)45(46)47/h8,11,13-18,20-22,24,27-28,30-32,39,45,49,51-53H,3-7,9-10,12,19,23,25-26,29,46-47H2,1-2H3/p-1. The first-order chi connectivity index (χ1) is 26.0. The molecule has 4 rings (SSSR count). The van der Waals surface area contributed by atoms with Crippen LogP contribution in [0, 0.1) is 5.92 Å². The number of hydrogen-bond acceptors (Lipinski definition) is 9. The molecule has 3 aromatic rings. The van der Waals surface area contributed by atoms with E-state index >= 15 is 0 Å². The van der Waals surface area contributed by atoms with Crippen LogP contribution in [-0.4, -0.2) is 40.0 Å². The number of carbonyl (C=O) groups excluding carboxylic acids is 1. The Bertz CT molecular complexity index is 1750. The number of benzene rings is 3. The van der Waals surface area contributed by atoms with Crippen LogP contribution in [0.4, 0.5) is 0 Å². The molecule has 1 heterocycles. The van der Waals surface area contributed by atoms with Crippen LogP contribution < -0.4 is 21.3 Å². The Kier molecular flexibility index (Phi) is 17.0. The van der Waals surface area contributed by atoms with Crippen molar-refractivity contribution in [3.05, 3.63) is 124 Å². The summed E-state index contributed by atoms with van der Waals surface area (Å²) in [5, 5.41) is 44.6. The number of rotatable bonds is 23. The van der Waals surface area contributed by atoms with Gasteiger partial charge in [-0.05, 0) is 103 Å². The summed E-state index contributed by atoms with van der Waals surface area (Å²) in [5.41, 5.74) is 16.2. The summed E-state index contributed by atoms with van der Waals surface area (Å²) in [5.74, 6) is 0.480. The molecule has 0 aromatic heterocycles. The lowest BCUT2D eigenvalue weighted by Gasteiger charge is -2.25. The number of unbranched alkanes of at least 4 members (excludes halogenated alkanes) is 3. The molecular formula is C45H58N3O6-. The number of nitrogens with zero attached hydrogens (tertiary/aromatic N) is 1. The molecule has 0 bridgehead atoms. The number of ether oxygens (including phenoxy) is 1. The Hall–Kier alpha value is -4.70. The topological polar surface area (TPSA) is 174 Å². The molecule has 9 heteroatoms. The molecule has 0 saturated heterocycles. The number of aromatic hydroxyl groups is 2. The summed E-state index contributed by atoms with van der Waals surface area (Å²) in [6.45, 7) is 4.32. The molecule has 54 heavy (non-hydrogen) atoms. The van der Waals surface area contributed by atoms with E-state index in [9.17, 15) is 25.2 Å². The van der Waals surface area contributed by atoms with Crippen molar-refractivity contribution in [3.8, 4) is 17.2 Å². The number of aryl methyl sites for hydroxylation is 1. The molecule has 0 aliphatic carbocycles. The number of phenols is 2. The Morgan fingerprint density at radius 2 is 1.63 bits per heavy atom. The van der Waals surface area contributed by atoms with E-state index in [2.05, 4.69) is 11.9 Å². The van der Waals surface area contributed by atoms with Crippen LogP contribution in [0.1, 0.15) is 118 Å². The van der Waals surface area contributed by atoms with Gasteiger partial charge in [0.1, 0.15) is 5.75 Å². The van der Waals surface area contributed by atoms with Crippen LogP contribution in [0.25, 0.3) is 0 Å². The van der Waals surface area contributed by atoms with E-state index in [0.29, 0.717) is 42.1 Å². The maximum atomic E-state index is 13.2. The Balaban J connectivity index is 1.33. The lowest BCUT2D eigenvalue weighted by molar-refractivity contribution is -0.307. The molecule has 0 spiro atoms. The van der Waals surface area contributed by atoms with Gasteiger partial charge in [0.25, 0.3) is 0 Å². The van der Waals surface area contributed by atoms with Crippen molar-refractivity contribution in [3.63, 3.8) is 0 Å². The highest BCUT2D eigenvalue weighted by Gasteiger charge is 2.20. The van der Waals surface area contributed by atoms with E-state index < -0.39 is 12.1 Å². The summed E-state index contributed by atoms with van der Waals surface area (Å²) in [4.78, 5) is 16.6. The third kappa shape index (κ3) is 13.6. The maximum Gasteiger partial charge on any atom is 0.161 e. The summed E-state index contributed by atoms with van der Waals surface area (Å²) >= 11 is 0. The van der Waals surface area contributed by atoms with E-state index in [1.807, 2.05) is 49.4 Å². The van der Waals surface area contributed by atoms with E-state index in [0.717, 1.165) is 54.4 Å². The number of hydrogen-bond donors (Lipinski definition) is 5. The lowest BCUT2D eigenvalue weighted by atomic mass is 9.85. The van der Waals surface area contributed by atoms with E-state index in [-0.39, 0.29) is 42.2 Å². The minimum Gasteiger partial charge on any atom is -0.875 e. The van der Waals surface area contributed by atoms with Crippen molar-refractivity contribution in [2.24, 2.45) is 22.4 Å². The predicted molar refractivity (Wildman–Crippen MR) is 214 cm³/mol. The minimum absolute atomic E-state index is 0.0150. The van der Waals surface area contributed by atoms with Crippen LogP contribution in [0.2, 0.25) is 0 Å². The highest BCUT2D eigenvalue weighted by molar-refractivity contribution is 5.89. The van der Waals surface area contributed by atoms with Crippen LogP contribution in [-0.2, 0) is 17.6 Å². The molecule has 0 fully saturated rings. The molecule has 0 radical (unpaired) electrons. The van der Waals surface area contributed by atoms with E-state index in [4.69, 9.17) is 16.2 Å². The van der Waals surface area contributed by atoms with E-state index in [1.54, 1.807) is 42.6 Å². The molecule has 3 unspecified atom stereocenters. The molecule has 290 valence electrons. The second kappa shape index (κ2) is 21.9. The normalized spacial score (nSPS) is 15.2. The van der Waals surface area contributed by atoms with Crippen LogP contribution in [0.3, 0.4) is 0 Å². The Morgan fingerprint density at radius 3 is 2.31 bits per heavy atom. The highest BCUT2D eigenvalue weighted by Crippen LogP contribution is 2.37. The molecule has 9 nitrogen and oxygen atoms in total. The fourth-order valence-electron chi connectivity index (χ4n) is 6.90. The van der Waals surface area contributed by atoms with Crippen molar-refractivity contribution in [1.29, 1.82) is 0 Å². The average Bonchev–Trinajstić information content (AvgIpc) is 3.70. The van der Waals surface area contributed by atoms with Gasteiger partial charge in [-0.2, -0.15) is 0 Å². The molecular weight excluding hydrogens is 679 g/mol. The SMILES string of the molecule is CCCCCC(CCCC=CC(=O)CCc1ccc(O)c(OCCc2ccc(O)c(C(CC([O-])=C3C=CN=C3)c3ccc(C(N)N)cc3)c2)c1)CC(C)O. The smallest absolute Gasteiger partial charge is 0.161 e. The van der Waals surface area contributed by atoms with Gasteiger partial charge >= 0.3 is 0 Å². The Labute approximate surface area is 320 Å². The van der Waals surface area contributed by atoms with Crippen molar-refractivity contribution in [2.75, 3.05) is 6.61 Å². The van der Waals surface area contributed by atoms with Gasteiger partial charge in [-0.3, -0.25) is 9.79 Å². The molecule has 7 N–H and O–H groups in total. The highest BCUT2D eigenvalue weighted by atomic mass is 16.5. The zero-order valence-electron chi connectivity index (χ0n) is 31.8. The lowest BCUT2D eigenvalue weighted by Crippen LogP contribution is -2.20. The maximum absolute atomic E-state index is 13.2. The first-order valence-corrected chi connectivity index (χ1v) is 19.4. The van der Waals surface area contributed by atoms with Crippen molar-refractivity contribution in [2.45, 2.75) is 109 Å². The molecule has 0 saturated carbocycles. The van der Waals surface area contributed by atoms with Crippen molar-refractivity contribution in [1.82, 2.24) is 0 Å². The third-order valence-corrected chi connectivity index (χ3v) is 9.97. The van der Waals surface area contributed by atoms with Crippen molar-refractivity contribution < 1.29 is 30.0 Å². The zero-order chi connectivity index (χ0) is 38.9. The number of aliphatic hydroxyl groups excluding tert-OH is 1. The van der Waals surface area contributed by atoms with Gasteiger partial charge < -0.3 is 36.6 Å². The monoisotopic (exact) mass is 736 g/mol. The quantitative estimate of drug-likeness (QED) is 0.0287. The first kappa shape index (κ1) is 42.0. The third-order valence-electron chi connectivity index (χ3n) is 9.97. The fourth-order valence-corrected chi connectivity index (χ4v) is 6.90. The Morgan fingerprint density at radius 1 is 0.926 bits per heavy atom. The summed E-state index contributed by atoms with van der Waals surface area (Å²) in [6, 6.07) is 17.9. The molecule has 3 atom stereocenters. The van der Waals surface area contributed by atoms with Gasteiger partial charge in [-0.1, -0.05) is 87.6 Å². The van der Waals surface area contributed by atoms with E-state index in [1.165, 1.54) is 25.5 Å².